The molecule has 1 atom stereocenters. The van der Waals surface area contributed by atoms with Crippen LogP contribution in [0.5, 0.6) is 17.2 Å². The molecule has 2 aromatic carbocycles. The molecule has 2 rings (SSSR count). The molecule has 0 aliphatic rings. The molecule has 0 spiro atoms. The van der Waals surface area contributed by atoms with E-state index in [4.69, 9.17) is 14.2 Å². The number of amides is 1. The number of esters is 1. The molecule has 0 aliphatic carbocycles. The predicted molar refractivity (Wildman–Crippen MR) is 97.2 cm³/mol. The van der Waals surface area contributed by atoms with Crippen molar-refractivity contribution in [2.75, 3.05) is 13.7 Å². The minimum Gasteiger partial charge on any atom is -0.484 e. The molecule has 0 radical (unpaired) electrons. The number of methoxy groups -OCH3 is 1. The zero-order valence-electron chi connectivity index (χ0n) is 15.1. The summed E-state index contributed by atoms with van der Waals surface area (Å²) in [5, 5.41) is 2.62. The van der Waals surface area contributed by atoms with Crippen molar-refractivity contribution in [2.24, 2.45) is 5.92 Å². The van der Waals surface area contributed by atoms with Gasteiger partial charge in [-0.25, -0.2) is 4.79 Å². The van der Waals surface area contributed by atoms with Crippen LogP contribution in [0.4, 0.5) is 0 Å². The summed E-state index contributed by atoms with van der Waals surface area (Å²) >= 11 is 0. The summed E-state index contributed by atoms with van der Waals surface area (Å²) in [4.78, 5) is 23.7. The number of hydrogen-bond donors (Lipinski definition) is 1. The van der Waals surface area contributed by atoms with Crippen LogP contribution in [0.25, 0.3) is 0 Å². The average Bonchev–Trinajstić information content (AvgIpc) is 2.65. The van der Waals surface area contributed by atoms with Crippen molar-refractivity contribution in [1.29, 1.82) is 0 Å². The third kappa shape index (κ3) is 5.81. The van der Waals surface area contributed by atoms with Gasteiger partial charge in [-0.1, -0.05) is 32.0 Å². The van der Waals surface area contributed by atoms with E-state index in [2.05, 4.69) is 5.32 Å². The van der Waals surface area contributed by atoms with E-state index in [0.29, 0.717) is 11.5 Å². The molecule has 0 fully saturated rings. The van der Waals surface area contributed by atoms with E-state index in [0.717, 1.165) is 5.75 Å². The molecule has 1 amide bonds. The molecule has 1 N–H and O–H groups in total. The lowest BCUT2D eigenvalue weighted by Gasteiger charge is -2.19. The van der Waals surface area contributed by atoms with Crippen molar-refractivity contribution < 1.29 is 23.8 Å². The quantitative estimate of drug-likeness (QED) is 0.735. The normalized spacial score (nSPS) is 11.5. The zero-order chi connectivity index (χ0) is 18.9. The maximum atomic E-state index is 12.0. The van der Waals surface area contributed by atoms with Crippen LogP contribution in [0, 0.1) is 5.92 Å². The topological polar surface area (TPSA) is 73.9 Å². The number of carbonyl (C=O) groups is 2. The Labute approximate surface area is 153 Å². The maximum absolute atomic E-state index is 12.0. The van der Waals surface area contributed by atoms with Crippen LogP contribution in [0.3, 0.4) is 0 Å². The molecule has 6 nitrogen and oxygen atoms in total. The van der Waals surface area contributed by atoms with Gasteiger partial charge in [-0.15, -0.1) is 0 Å². The highest BCUT2D eigenvalue weighted by Gasteiger charge is 2.24. The van der Waals surface area contributed by atoms with E-state index in [1.165, 1.54) is 7.11 Å². The van der Waals surface area contributed by atoms with Crippen LogP contribution in [0.15, 0.2) is 54.6 Å². The van der Waals surface area contributed by atoms with Crippen LogP contribution in [-0.4, -0.2) is 31.6 Å². The minimum absolute atomic E-state index is 0.0826. The Morgan fingerprint density at radius 3 is 2.08 bits per heavy atom. The fourth-order valence-electron chi connectivity index (χ4n) is 2.22. The van der Waals surface area contributed by atoms with E-state index in [1.807, 2.05) is 44.2 Å². The van der Waals surface area contributed by atoms with Gasteiger partial charge < -0.3 is 19.5 Å². The summed E-state index contributed by atoms with van der Waals surface area (Å²) in [6.07, 6.45) is 0. The molecule has 26 heavy (non-hydrogen) atoms. The molecule has 0 unspecified atom stereocenters. The van der Waals surface area contributed by atoms with E-state index in [-0.39, 0.29) is 12.5 Å². The fourth-order valence-corrected chi connectivity index (χ4v) is 2.22. The number of carbonyl (C=O) groups excluding carboxylic acids is 2. The largest absolute Gasteiger partial charge is 0.484 e. The Morgan fingerprint density at radius 2 is 1.50 bits per heavy atom. The summed E-state index contributed by atoms with van der Waals surface area (Å²) in [5.74, 6) is 0.983. The van der Waals surface area contributed by atoms with E-state index in [1.54, 1.807) is 24.3 Å². The van der Waals surface area contributed by atoms with E-state index in [9.17, 15) is 9.59 Å². The molecular weight excluding hydrogens is 334 g/mol. The molecule has 0 bridgehead atoms. The first-order valence-corrected chi connectivity index (χ1v) is 8.32. The monoisotopic (exact) mass is 357 g/mol. The molecule has 0 saturated heterocycles. The smallest absolute Gasteiger partial charge is 0.328 e. The Kier molecular flexibility index (Phi) is 7.02. The Balaban J connectivity index is 1.85. The van der Waals surface area contributed by atoms with Gasteiger partial charge >= 0.3 is 5.97 Å². The molecule has 138 valence electrons. The molecule has 0 aliphatic heterocycles. The Bertz CT molecular complexity index is 713. The van der Waals surface area contributed by atoms with Gasteiger partial charge in [0.25, 0.3) is 5.91 Å². The van der Waals surface area contributed by atoms with Gasteiger partial charge in [0.15, 0.2) is 6.61 Å². The number of ether oxygens (including phenoxy) is 3. The molecule has 6 heteroatoms. The summed E-state index contributed by atoms with van der Waals surface area (Å²) < 4.78 is 15.8. The second-order valence-electron chi connectivity index (χ2n) is 5.99. The lowest BCUT2D eigenvalue weighted by atomic mass is 10.0. The predicted octanol–water partition coefficient (Wildman–Crippen LogP) is 3.17. The van der Waals surface area contributed by atoms with Gasteiger partial charge in [-0.05, 0) is 42.3 Å². The standard InChI is InChI=1S/C20H23NO5/c1-14(2)19(20(23)24-3)21-18(22)13-25-15-9-11-17(12-10-15)26-16-7-5-4-6-8-16/h4-12,14,19H,13H2,1-3H3,(H,21,22)/t19-/m0/s1. The van der Waals surface area contributed by atoms with Crippen molar-refractivity contribution in [3.05, 3.63) is 54.6 Å². The second kappa shape index (κ2) is 9.46. The van der Waals surface area contributed by atoms with Crippen molar-refractivity contribution >= 4 is 11.9 Å². The van der Waals surface area contributed by atoms with Gasteiger partial charge in [0, 0.05) is 0 Å². The van der Waals surface area contributed by atoms with Gasteiger partial charge in [0.05, 0.1) is 7.11 Å². The number of nitrogens with one attached hydrogen (secondary N) is 1. The number of para-hydroxylation sites is 1. The second-order valence-corrected chi connectivity index (χ2v) is 5.99. The van der Waals surface area contributed by atoms with Crippen molar-refractivity contribution in [3.8, 4) is 17.2 Å². The average molecular weight is 357 g/mol. The number of rotatable bonds is 8. The van der Waals surface area contributed by atoms with Crippen molar-refractivity contribution in [1.82, 2.24) is 5.32 Å². The first kappa shape index (κ1) is 19.3. The van der Waals surface area contributed by atoms with Gasteiger partial charge in [0.1, 0.15) is 23.3 Å². The SMILES string of the molecule is COC(=O)[C@@H](NC(=O)COc1ccc(Oc2ccccc2)cc1)C(C)C. The van der Waals surface area contributed by atoms with Crippen LogP contribution < -0.4 is 14.8 Å². The van der Waals surface area contributed by atoms with Gasteiger partial charge in [0.2, 0.25) is 0 Å². The van der Waals surface area contributed by atoms with Gasteiger partial charge in [-0.3, -0.25) is 4.79 Å². The first-order valence-electron chi connectivity index (χ1n) is 8.32. The summed E-state index contributed by atoms with van der Waals surface area (Å²) in [6, 6.07) is 15.7. The van der Waals surface area contributed by atoms with Crippen LogP contribution in [-0.2, 0) is 14.3 Å². The summed E-state index contributed by atoms with van der Waals surface area (Å²) in [7, 11) is 1.29. The highest BCUT2D eigenvalue weighted by atomic mass is 16.5. The summed E-state index contributed by atoms with van der Waals surface area (Å²) in [5.41, 5.74) is 0. The Hall–Kier alpha value is -3.02. The highest BCUT2D eigenvalue weighted by Crippen LogP contribution is 2.23. The lowest BCUT2D eigenvalue weighted by molar-refractivity contribution is -0.146. The molecular formula is C20H23NO5. The molecule has 0 aromatic heterocycles. The summed E-state index contributed by atoms with van der Waals surface area (Å²) in [6.45, 7) is 3.46. The zero-order valence-corrected chi connectivity index (χ0v) is 15.1. The third-order valence-corrected chi connectivity index (χ3v) is 3.61. The lowest BCUT2D eigenvalue weighted by Crippen LogP contribution is -2.46. The fraction of sp³-hybridized carbons (Fsp3) is 0.300. The highest BCUT2D eigenvalue weighted by molar-refractivity contribution is 5.85. The maximum Gasteiger partial charge on any atom is 0.328 e. The van der Waals surface area contributed by atoms with Crippen LogP contribution in [0.1, 0.15) is 13.8 Å². The Morgan fingerprint density at radius 1 is 0.923 bits per heavy atom. The van der Waals surface area contributed by atoms with Crippen molar-refractivity contribution in [3.63, 3.8) is 0 Å². The van der Waals surface area contributed by atoms with Crippen molar-refractivity contribution in [2.45, 2.75) is 19.9 Å². The van der Waals surface area contributed by atoms with Gasteiger partial charge in [-0.2, -0.15) is 0 Å². The first-order chi connectivity index (χ1) is 12.5. The third-order valence-electron chi connectivity index (χ3n) is 3.61. The van der Waals surface area contributed by atoms with E-state index >= 15 is 0 Å². The molecule has 0 saturated carbocycles. The number of benzene rings is 2. The molecule has 0 heterocycles. The number of hydrogen-bond acceptors (Lipinski definition) is 5. The van der Waals surface area contributed by atoms with E-state index < -0.39 is 17.9 Å². The minimum atomic E-state index is -0.697. The molecule has 2 aromatic rings. The van der Waals surface area contributed by atoms with Crippen LogP contribution >= 0.6 is 0 Å². The van der Waals surface area contributed by atoms with Crippen LogP contribution in [0.2, 0.25) is 0 Å².